The molecule has 3 rings (SSSR count). The van der Waals surface area contributed by atoms with Gasteiger partial charge in [-0.3, -0.25) is 4.79 Å². The van der Waals surface area contributed by atoms with Crippen LogP contribution in [-0.4, -0.2) is 26.5 Å². The van der Waals surface area contributed by atoms with E-state index in [1.54, 1.807) is 18.3 Å². The van der Waals surface area contributed by atoms with Gasteiger partial charge in [0.2, 0.25) is 0 Å². The first-order valence-electron chi connectivity index (χ1n) is 7.03. The molecule has 0 bridgehead atoms. The second-order valence-corrected chi connectivity index (χ2v) is 5.45. The lowest BCUT2D eigenvalue weighted by Crippen LogP contribution is -2.37. The van der Waals surface area contributed by atoms with Crippen molar-refractivity contribution in [2.24, 2.45) is 5.92 Å². The fourth-order valence-corrected chi connectivity index (χ4v) is 2.97. The molecule has 2 aromatic heterocycles. The van der Waals surface area contributed by atoms with Crippen molar-refractivity contribution < 1.29 is 4.79 Å². The monoisotopic (exact) mass is 274 g/mol. The Labute approximate surface area is 116 Å². The number of aromatic amines is 1. The van der Waals surface area contributed by atoms with Crippen LogP contribution >= 0.6 is 0 Å². The maximum absolute atomic E-state index is 12.4. The Morgan fingerprint density at radius 1 is 1.50 bits per heavy atom. The number of aromatic nitrogens is 3. The minimum Gasteiger partial charge on any atom is -0.349 e. The van der Waals surface area contributed by atoms with E-state index < -0.39 is 0 Å². The number of H-pyrrole nitrogens is 1. The minimum atomic E-state index is -0.335. The normalized spacial score (nSPS) is 17.4. The van der Waals surface area contributed by atoms with Crippen LogP contribution in [0.25, 0.3) is 5.65 Å². The Morgan fingerprint density at radius 3 is 3.00 bits per heavy atom. The van der Waals surface area contributed by atoms with E-state index in [9.17, 15) is 9.59 Å². The summed E-state index contributed by atoms with van der Waals surface area (Å²) in [5, 5.41) is 9.30. The fraction of sp³-hybridized carbons (Fsp3) is 0.500. The van der Waals surface area contributed by atoms with Crippen LogP contribution in [0, 0.1) is 5.92 Å². The zero-order valence-corrected chi connectivity index (χ0v) is 11.4. The number of hydrogen-bond donors (Lipinski definition) is 2. The topological polar surface area (TPSA) is 79.3 Å². The van der Waals surface area contributed by atoms with Crippen molar-refractivity contribution in [3.05, 3.63) is 34.4 Å². The molecular formula is C14H18N4O2. The Bertz CT molecular complexity index is 682. The number of carbonyl (C=O) groups is 1. The predicted octanol–water partition coefficient (Wildman–Crippen LogP) is 1.33. The SMILES string of the molecule is C[C@H](NC(=O)c1cccn2c(=O)[nH]nc12)C1CCCC1. The zero-order valence-electron chi connectivity index (χ0n) is 11.4. The van der Waals surface area contributed by atoms with Crippen molar-refractivity contribution in [2.75, 3.05) is 0 Å². The molecule has 2 N–H and O–H groups in total. The number of nitrogens with one attached hydrogen (secondary N) is 2. The second kappa shape index (κ2) is 5.11. The molecule has 106 valence electrons. The Balaban J connectivity index is 1.83. The average molecular weight is 274 g/mol. The highest BCUT2D eigenvalue weighted by atomic mass is 16.2. The summed E-state index contributed by atoms with van der Waals surface area (Å²) in [7, 11) is 0. The van der Waals surface area contributed by atoms with Crippen molar-refractivity contribution in [3.8, 4) is 0 Å². The zero-order chi connectivity index (χ0) is 14.1. The van der Waals surface area contributed by atoms with E-state index in [-0.39, 0.29) is 17.6 Å². The molecule has 1 fully saturated rings. The summed E-state index contributed by atoms with van der Waals surface area (Å²) >= 11 is 0. The molecule has 2 heterocycles. The second-order valence-electron chi connectivity index (χ2n) is 5.45. The van der Waals surface area contributed by atoms with Crippen LogP contribution in [0.2, 0.25) is 0 Å². The third-order valence-electron chi connectivity index (χ3n) is 4.15. The lowest BCUT2D eigenvalue weighted by atomic mass is 9.99. The van der Waals surface area contributed by atoms with Gasteiger partial charge in [0.25, 0.3) is 5.91 Å². The van der Waals surface area contributed by atoms with Gasteiger partial charge in [-0.15, -0.1) is 0 Å². The van der Waals surface area contributed by atoms with Crippen molar-refractivity contribution in [1.29, 1.82) is 0 Å². The first kappa shape index (κ1) is 12.9. The summed E-state index contributed by atoms with van der Waals surface area (Å²) in [5.41, 5.74) is 0.461. The van der Waals surface area contributed by atoms with Crippen molar-refractivity contribution >= 4 is 11.6 Å². The maximum atomic E-state index is 12.4. The van der Waals surface area contributed by atoms with Gasteiger partial charge < -0.3 is 5.32 Å². The number of pyridine rings is 1. The van der Waals surface area contributed by atoms with E-state index in [0.29, 0.717) is 17.1 Å². The molecule has 1 aliphatic rings. The number of fused-ring (bicyclic) bond motifs is 1. The number of amides is 1. The molecule has 1 amide bonds. The summed E-state index contributed by atoms with van der Waals surface area (Å²) in [6.07, 6.45) is 6.43. The van der Waals surface area contributed by atoms with Gasteiger partial charge in [0, 0.05) is 12.2 Å². The molecule has 6 nitrogen and oxygen atoms in total. The van der Waals surface area contributed by atoms with Crippen LogP contribution in [0.1, 0.15) is 43.0 Å². The molecule has 0 saturated heterocycles. The standard InChI is InChI=1S/C14H18N4O2/c1-9(10-5-2-3-6-10)15-13(19)11-7-4-8-18-12(11)16-17-14(18)20/h4,7-10H,2-3,5-6H2,1H3,(H,15,19)(H,17,20)/t9-/m0/s1. The molecule has 6 heteroatoms. The molecule has 20 heavy (non-hydrogen) atoms. The summed E-state index contributed by atoms with van der Waals surface area (Å²) in [6, 6.07) is 3.52. The van der Waals surface area contributed by atoms with Crippen molar-refractivity contribution in [2.45, 2.75) is 38.6 Å². The largest absolute Gasteiger partial charge is 0.349 e. The molecular weight excluding hydrogens is 256 g/mol. The summed E-state index contributed by atoms with van der Waals surface area (Å²) in [5.74, 6) is 0.383. The fourth-order valence-electron chi connectivity index (χ4n) is 2.97. The quantitative estimate of drug-likeness (QED) is 0.886. The van der Waals surface area contributed by atoms with E-state index in [4.69, 9.17) is 0 Å². The minimum absolute atomic E-state index is 0.149. The number of nitrogens with zero attached hydrogens (tertiary/aromatic N) is 2. The van der Waals surface area contributed by atoms with Gasteiger partial charge in [-0.1, -0.05) is 12.8 Å². The lowest BCUT2D eigenvalue weighted by molar-refractivity contribution is 0.0928. The van der Waals surface area contributed by atoms with Gasteiger partial charge in [-0.25, -0.2) is 14.3 Å². The summed E-state index contributed by atoms with van der Waals surface area (Å²) < 4.78 is 1.34. The molecule has 0 aliphatic heterocycles. The Kier molecular flexibility index (Phi) is 3.30. The Morgan fingerprint density at radius 2 is 2.25 bits per heavy atom. The van der Waals surface area contributed by atoms with E-state index in [1.807, 2.05) is 6.92 Å². The molecule has 0 spiro atoms. The van der Waals surface area contributed by atoms with E-state index in [1.165, 1.54) is 30.1 Å². The number of carbonyl (C=O) groups excluding carboxylic acids is 1. The molecule has 1 aliphatic carbocycles. The maximum Gasteiger partial charge on any atom is 0.347 e. The van der Waals surface area contributed by atoms with Crippen molar-refractivity contribution in [1.82, 2.24) is 19.9 Å². The van der Waals surface area contributed by atoms with Gasteiger partial charge in [0.05, 0.1) is 5.56 Å². The molecule has 0 radical (unpaired) electrons. The highest BCUT2D eigenvalue weighted by Crippen LogP contribution is 2.27. The van der Waals surface area contributed by atoms with Crippen LogP contribution in [-0.2, 0) is 0 Å². The smallest absolute Gasteiger partial charge is 0.347 e. The van der Waals surface area contributed by atoms with Gasteiger partial charge in [-0.05, 0) is 37.8 Å². The van der Waals surface area contributed by atoms with Gasteiger partial charge in [0.15, 0.2) is 5.65 Å². The van der Waals surface area contributed by atoms with Gasteiger partial charge >= 0.3 is 5.69 Å². The Hall–Kier alpha value is -2.11. The average Bonchev–Trinajstić information content (AvgIpc) is 3.09. The lowest BCUT2D eigenvalue weighted by Gasteiger charge is -2.20. The highest BCUT2D eigenvalue weighted by Gasteiger charge is 2.24. The van der Waals surface area contributed by atoms with Crippen LogP contribution in [0.3, 0.4) is 0 Å². The van der Waals surface area contributed by atoms with E-state index in [2.05, 4.69) is 15.5 Å². The summed E-state index contributed by atoms with van der Waals surface area (Å²) in [6.45, 7) is 2.05. The number of hydrogen-bond acceptors (Lipinski definition) is 3. The number of rotatable bonds is 3. The van der Waals surface area contributed by atoms with Crippen LogP contribution < -0.4 is 11.0 Å². The first-order valence-corrected chi connectivity index (χ1v) is 7.03. The van der Waals surface area contributed by atoms with E-state index in [0.717, 1.165) is 0 Å². The van der Waals surface area contributed by atoms with Crippen LogP contribution in [0.5, 0.6) is 0 Å². The molecule has 1 saturated carbocycles. The highest BCUT2D eigenvalue weighted by molar-refractivity contribution is 5.99. The first-order chi connectivity index (χ1) is 9.66. The predicted molar refractivity (Wildman–Crippen MR) is 74.7 cm³/mol. The van der Waals surface area contributed by atoms with Gasteiger partial charge in [-0.2, -0.15) is 5.10 Å². The molecule has 2 aromatic rings. The van der Waals surface area contributed by atoms with Gasteiger partial charge in [0.1, 0.15) is 0 Å². The third kappa shape index (κ3) is 2.21. The molecule has 0 unspecified atom stereocenters. The summed E-state index contributed by atoms with van der Waals surface area (Å²) in [4.78, 5) is 23.9. The molecule has 0 aromatic carbocycles. The third-order valence-corrected chi connectivity index (χ3v) is 4.15. The molecule has 1 atom stereocenters. The van der Waals surface area contributed by atoms with Crippen LogP contribution in [0.4, 0.5) is 0 Å². The van der Waals surface area contributed by atoms with Crippen LogP contribution in [0.15, 0.2) is 23.1 Å². The van der Waals surface area contributed by atoms with E-state index >= 15 is 0 Å². The van der Waals surface area contributed by atoms with Crippen molar-refractivity contribution in [3.63, 3.8) is 0 Å².